The van der Waals surface area contributed by atoms with Crippen molar-refractivity contribution in [3.63, 3.8) is 0 Å². The van der Waals surface area contributed by atoms with E-state index in [-0.39, 0.29) is 18.7 Å². The molecule has 0 radical (unpaired) electrons. The summed E-state index contributed by atoms with van der Waals surface area (Å²) in [5.74, 6) is 0. The molecule has 0 spiro atoms. The predicted molar refractivity (Wildman–Crippen MR) is 168 cm³/mol. The van der Waals surface area contributed by atoms with Crippen LogP contribution in [0.3, 0.4) is 0 Å². The largest absolute Gasteiger partial charge is 0.242 e. The smallest absolute Gasteiger partial charge is 0.100 e. The SMILES string of the molecule is CN(C(c1ccc2ccccc2c1)c1ccccc1P(C1CCCCC1)C1CCCCC1)[S@](=O)C(C)(C)C. The molecule has 0 aromatic heterocycles. The molecular formula is C34H46NOPS. The van der Waals surface area contributed by atoms with Crippen LogP contribution in [-0.2, 0) is 11.0 Å². The summed E-state index contributed by atoms with van der Waals surface area (Å²) < 4.78 is 15.8. The van der Waals surface area contributed by atoms with Gasteiger partial charge >= 0.3 is 0 Å². The fraction of sp³-hybridized carbons (Fsp3) is 0.529. The third kappa shape index (κ3) is 6.11. The standard InChI is InChI=1S/C34H46NOPS/c1-34(2,3)38(36)35(4)33(28-24-23-26-15-11-12-16-27(26)25-28)31-21-13-14-22-32(31)37(29-17-7-5-8-18-29)30-19-9-6-10-20-30/h11-16,21-25,29-30,33H,5-10,17-20H2,1-4H3/t33?,38-/m1/s1. The van der Waals surface area contributed by atoms with E-state index in [0.29, 0.717) is 0 Å². The molecule has 5 rings (SSSR count). The van der Waals surface area contributed by atoms with Crippen LogP contribution in [0.5, 0.6) is 0 Å². The first-order valence-corrected chi connectivity index (χ1v) is 17.4. The highest BCUT2D eigenvalue weighted by molar-refractivity contribution is 7.84. The van der Waals surface area contributed by atoms with Crippen molar-refractivity contribution in [2.45, 2.75) is 107 Å². The van der Waals surface area contributed by atoms with Crippen LogP contribution in [0.4, 0.5) is 0 Å². The molecule has 0 aliphatic heterocycles. The van der Waals surface area contributed by atoms with Crippen LogP contribution in [-0.4, -0.2) is 31.6 Å². The quantitative estimate of drug-likeness (QED) is 0.270. The Bertz CT molecular complexity index is 1220. The first kappa shape index (κ1) is 28.0. The molecule has 0 saturated heterocycles. The van der Waals surface area contributed by atoms with Crippen molar-refractivity contribution in [2.75, 3.05) is 7.05 Å². The lowest BCUT2D eigenvalue weighted by Gasteiger charge is -2.41. The van der Waals surface area contributed by atoms with Crippen molar-refractivity contribution in [3.05, 3.63) is 77.9 Å². The monoisotopic (exact) mass is 547 g/mol. The van der Waals surface area contributed by atoms with Crippen molar-refractivity contribution < 1.29 is 4.21 Å². The Morgan fingerprint density at radius 3 is 1.92 bits per heavy atom. The molecule has 0 amide bonds. The number of fused-ring (bicyclic) bond motifs is 1. The van der Waals surface area contributed by atoms with Gasteiger partial charge in [-0.2, -0.15) is 0 Å². The van der Waals surface area contributed by atoms with Gasteiger partial charge in [0, 0.05) is 7.05 Å². The van der Waals surface area contributed by atoms with E-state index in [1.54, 1.807) is 5.30 Å². The van der Waals surface area contributed by atoms with E-state index < -0.39 is 11.0 Å². The van der Waals surface area contributed by atoms with Gasteiger partial charge in [-0.1, -0.05) is 107 Å². The highest BCUT2D eigenvalue weighted by atomic mass is 32.2. The molecule has 2 aliphatic rings. The van der Waals surface area contributed by atoms with Crippen molar-refractivity contribution in [3.8, 4) is 0 Å². The van der Waals surface area contributed by atoms with Gasteiger partial charge in [0.15, 0.2) is 0 Å². The minimum atomic E-state index is -1.14. The first-order valence-electron chi connectivity index (χ1n) is 14.9. The third-order valence-electron chi connectivity index (χ3n) is 8.68. The molecule has 0 heterocycles. The summed E-state index contributed by atoms with van der Waals surface area (Å²) in [5, 5.41) is 4.11. The van der Waals surface area contributed by atoms with Gasteiger partial charge in [0.05, 0.1) is 10.8 Å². The molecule has 3 aromatic carbocycles. The van der Waals surface area contributed by atoms with Crippen LogP contribution in [0.15, 0.2) is 66.7 Å². The second-order valence-corrected chi connectivity index (χ2v) is 17.5. The number of hydrogen-bond acceptors (Lipinski definition) is 1. The van der Waals surface area contributed by atoms with Crippen molar-refractivity contribution in [1.29, 1.82) is 0 Å². The molecule has 2 atom stereocenters. The Kier molecular flexibility index (Phi) is 9.08. The van der Waals surface area contributed by atoms with Gasteiger partial charge in [-0.05, 0) is 91.0 Å². The number of benzene rings is 3. The van der Waals surface area contributed by atoms with E-state index in [4.69, 9.17) is 0 Å². The molecule has 0 bridgehead atoms. The summed E-state index contributed by atoms with van der Waals surface area (Å²) in [5.41, 5.74) is 4.31. The van der Waals surface area contributed by atoms with E-state index in [2.05, 4.69) is 98.9 Å². The van der Waals surface area contributed by atoms with Gasteiger partial charge in [0.2, 0.25) is 0 Å². The molecule has 204 valence electrons. The van der Waals surface area contributed by atoms with Crippen molar-refractivity contribution >= 4 is 35.0 Å². The zero-order valence-corrected chi connectivity index (χ0v) is 25.6. The van der Waals surface area contributed by atoms with E-state index in [1.165, 1.54) is 86.1 Å². The maximum atomic E-state index is 13.9. The van der Waals surface area contributed by atoms with Crippen molar-refractivity contribution in [1.82, 2.24) is 4.31 Å². The summed E-state index contributed by atoms with van der Waals surface area (Å²) in [6.45, 7) is 6.29. The maximum absolute atomic E-state index is 13.9. The van der Waals surface area contributed by atoms with E-state index in [9.17, 15) is 4.21 Å². The Morgan fingerprint density at radius 2 is 1.32 bits per heavy atom. The first-order chi connectivity index (χ1) is 18.3. The highest BCUT2D eigenvalue weighted by Gasteiger charge is 2.37. The van der Waals surface area contributed by atoms with Gasteiger partial charge in [0.1, 0.15) is 11.0 Å². The van der Waals surface area contributed by atoms with Gasteiger partial charge < -0.3 is 0 Å². The minimum absolute atomic E-state index is 0.0342. The summed E-state index contributed by atoms with van der Waals surface area (Å²) >= 11 is 0. The summed E-state index contributed by atoms with van der Waals surface area (Å²) in [6.07, 6.45) is 13.9. The van der Waals surface area contributed by atoms with E-state index in [0.717, 1.165) is 11.3 Å². The average Bonchev–Trinajstić information content (AvgIpc) is 2.94. The van der Waals surface area contributed by atoms with E-state index in [1.807, 2.05) is 0 Å². The molecule has 3 aromatic rings. The zero-order valence-electron chi connectivity index (χ0n) is 23.9. The predicted octanol–water partition coefficient (Wildman–Crippen LogP) is 9.10. The van der Waals surface area contributed by atoms with Crippen LogP contribution in [0, 0.1) is 0 Å². The Hall–Kier alpha value is -1.54. The highest BCUT2D eigenvalue weighted by Crippen LogP contribution is 2.56. The normalized spacial score (nSPS) is 19.7. The van der Waals surface area contributed by atoms with Crippen LogP contribution in [0.1, 0.15) is 102 Å². The topological polar surface area (TPSA) is 20.3 Å². The second-order valence-electron chi connectivity index (χ2n) is 12.5. The van der Waals surface area contributed by atoms with Crippen LogP contribution in [0.2, 0.25) is 0 Å². The summed E-state index contributed by atoms with van der Waals surface area (Å²) in [4.78, 5) is 0. The van der Waals surface area contributed by atoms with Crippen molar-refractivity contribution in [2.24, 2.45) is 0 Å². The molecule has 1 unspecified atom stereocenters. The van der Waals surface area contributed by atoms with E-state index >= 15 is 0 Å². The lowest BCUT2D eigenvalue weighted by Crippen LogP contribution is -2.39. The summed E-state index contributed by atoms with van der Waals surface area (Å²) in [6, 6.07) is 24.8. The average molecular weight is 548 g/mol. The van der Waals surface area contributed by atoms with Gasteiger partial charge in [-0.25, -0.2) is 8.51 Å². The fourth-order valence-electron chi connectivity index (χ4n) is 6.85. The van der Waals surface area contributed by atoms with Gasteiger partial charge in [-0.15, -0.1) is 0 Å². The van der Waals surface area contributed by atoms with Crippen LogP contribution in [0.25, 0.3) is 10.8 Å². The number of rotatable bonds is 7. The molecule has 4 heteroatoms. The molecule has 0 N–H and O–H groups in total. The fourth-order valence-corrected chi connectivity index (χ4v) is 12.1. The molecular weight excluding hydrogens is 501 g/mol. The maximum Gasteiger partial charge on any atom is 0.100 e. The lowest BCUT2D eigenvalue weighted by atomic mass is 9.96. The summed E-state index contributed by atoms with van der Waals surface area (Å²) in [7, 11) is 0.680. The molecule has 2 saturated carbocycles. The van der Waals surface area contributed by atoms with Crippen LogP contribution >= 0.6 is 7.92 Å². The number of nitrogens with zero attached hydrogens (tertiary/aromatic N) is 1. The lowest BCUT2D eigenvalue weighted by molar-refractivity contribution is 0.441. The second kappa shape index (κ2) is 12.3. The Labute approximate surface area is 234 Å². The molecule has 2 aliphatic carbocycles. The Balaban J connectivity index is 1.66. The zero-order chi connectivity index (χ0) is 26.7. The molecule has 2 fully saturated rings. The Morgan fingerprint density at radius 1 is 0.763 bits per heavy atom. The van der Waals surface area contributed by atoms with Crippen LogP contribution < -0.4 is 5.30 Å². The van der Waals surface area contributed by atoms with Gasteiger partial charge in [-0.3, -0.25) is 0 Å². The minimum Gasteiger partial charge on any atom is -0.242 e. The third-order valence-corrected chi connectivity index (χ3v) is 14.0. The number of hydrogen-bond donors (Lipinski definition) is 0. The molecule has 2 nitrogen and oxygen atoms in total. The van der Waals surface area contributed by atoms with Gasteiger partial charge in [0.25, 0.3) is 0 Å². The molecule has 38 heavy (non-hydrogen) atoms.